The number of nitrogens with zero attached hydrogens (tertiary/aromatic N) is 2. The molecule has 0 aliphatic carbocycles. The quantitative estimate of drug-likeness (QED) is 0.818. The highest BCUT2D eigenvalue weighted by atomic mass is 16.5. The first-order chi connectivity index (χ1) is 9.66. The van der Waals surface area contributed by atoms with E-state index in [1.165, 1.54) is 5.56 Å². The van der Waals surface area contributed by atoms with Crippen molar-refractivity contribution in [1.29, 1.82) is 0 Å². The Morgan fingerprint density at radius 2 is 2.00 bits per heavy atom. The van der Waals surface area contributed by atoms with Gasteiger partial charge < -0.3 is 10.1 Å². The highest BCUT2D eigenvalue weighted by molar-refractivity contribution is 5.35. The van der Waals surface area contributed by atoms with Gasteiger partial charge in [0, 0.05) is 11.9 Å². The number of hydrogen-bond acceptors (Lipinski definition) is 4. The summed E-state index contributed by atoms with van der Waals surface area (Å²) < 4.78 is 5.83. The van der Waals surface area contributed by atoms with Crippen molar-refractivity contribution >= 4 is 5.95 Å². The minimum absolute atomic E-state index is 0.458. The molecular weight excluding hydrogens is 250 g/mol. The predicted octanol–water partition coefficient (Wildman–Crippen LogP) is 3.40. The molecule has 1 aromatic carbocycles. The first kappa shape index (κ1) is 14.3. The summed E-state index contributed by atoms with van der Waals surface area (Å²) in [7, 11) is 0. The van der Waals surface area contributed by atoms with Gasteiger partial charge in [-0.3, -0.25) is 0 Å². The molecule has 0 aliphatic heterocycles. The number of nitrogens with one attached hydrogen (secondary N) is 1. The SMILES string of the molecule is Cc1ccnc(NCCOc2ccccc2C(C)C)n1. The van der Waals surface area contributed by atoms with Crippen LogP contribution in [0.1, 0.15) is 31.0 Å². The van der Waals surface area contributed by atoms with E-state index in [0.717, 1.165) is 11.4 Å². The molecule has 0 fully saturated rings. The van der Waals surface area contributed by atoms with Crippen molar-refractivity contribution in [1.82, 2.24) is 9.97 Å². The molecule has 0 saturated heterocycles. The van der Waals surface area contributed by atoms with Crippen molar-refractivity contribution in [2.45, 2.75) is 26.7 Å². The first-order valence-corrected chi connectivity index (χ1v) is 6.92. The van der Waals surface area contributed by atoms with Crippen LogP contribution >= 0.6 is 0 Å². The standard InChI is InChI=1S/C16H21N3O/c1-12(2)14-6-4-5-7-15(14)20-11-10-18-16-17-9-8-13(3)19-16/h4-9,12H,10-11H2,1-3H3,(H,17,18,19). The summed E-state index contributed by atoms with van der Waals surface area (Å²) in [5, 5.41) is 3.16. The fourth-order valence-corrected chi connectivity index (χ4v) is 1.95. The number of aromatic nitrogens is 2. The molecule has 0 atom stereocenters. The van der Waals surface area contributed by atoms with Crippen LogP contribution in [0.15, 0.2) is 36.5 Å². The monoisotopic (exact) mass is 271 g/mol. The molecule has 0 unspecified atom stereocenters. The van der Waals surface area contributed by atoms with Gasteiger partial charge in [0.15, 0.2) is 0 Å². The van der Waals surface area contributed by atoms with Gasteiger partial charge in [0.1, 0.15) is 12.4 Å². The van der Waals surface area contributed by atoms with E-state index in [4.69, 9.17) is 4.74 Å². The fraction of sp³-hybridized carbons (Fsp3) is 0.375. The zero-order valence-electron chi connectivity index (χ0n) is 12.3. The van der Waals surface area contributed by atoms with Gasteiger partial charge in [-0.2, -0.15) is 0 Å². The van der Waals surface area contributed by atoms with Gasteiger partial charge in [-0.05, 0) is 30.5 Å². The third kappa shape index (κ3) is 3.95. The van der Waals surface area contributed by atoms with Gasteiger partial charge in [0.05, 0.1) is 6.54 Å². The molecule has 2 rings (SSSR count). The zero-order valence-corrected chi connectivity index (χ0v) is 12.3. The molecule has 0 amide bonds. The normalized spacial score (nSPS) is 10.6. The van der Waals surface area contributed by atoms with Crippen molar-refractivity contribution in [3.63, 3.8) is 0 Å². The smallest absolute Gasteiger partial charge is 0.222 e. The Bertz CT molecular complexity index is 555. The number of hydrogen-bond donors (Lipinski definition) is 1. The van der Waals surface area contributed by atoms with E-state index in [9.17, 15) is 0 Å². The van der Waals surface area contributed by atoms with Gasteiger partial charge in [-0.25, -0.2) is 9.97 Å². The van der Waals surface area contributed by atoms with Crippen molar-refractivity contribution in [3.8, 4) is 5.75 Å². The maximum Gasteiger partial charge on any atom is 0.222 e. The summed E-state index contributed by atoms with van der Waals surface area (Å²) in [5.74, 6) is 2.06. The van der Waals surface area contributed by atoms with E-state index in [1.54, 1.807) is 6.20 Å². The summed E-state index contributed by atoms with van der Waals surface area (Å²) in [4.78, 5) is 8.44. The van der Waals surface area contributed by atoms with Crippen LogP contribution in [-0.4, -0.2) is 23.1 Å². The Hall–Kier alpha value is -2.10. The van der Waals surface area contributed by atoms with Gasteiger partial charge in [-0.1, -0.05) is 32.0 Å². The second-order valence-corrected chi connectivity index (χ2v) is 4.99. The summed E-state index contributed by atoms with van der Waals surface area (Å²) in [6, 6.07) is 10.0. The third-order valence-electron chi connectivity index (χ3n) is 2.98. The second-order valence-electron chi connectivity index (χ2n) is 4.99. The van der Waals surface area contributed by atoms with E-state index in [1.807, 2.05) is 31.2 Å². The average Bonchev–Trinajstić information content (AvgIpc) is 2.44. The molecule has 1 aromatic heterocycles. The molecule has 0 radical (unpaired) electrons. The Balaban J connectivity index is 1.84. The van der Waals surface area contributed by atoms with Crippen LogP contribution < -0.4 is 10.1 Å². The Morgan fingerprint density at radius 3 is 2.75 bits per heavy atom. The fourth-order valence-electron chi connectivity index (χ4n) is 1.95. The van der Waals surface area contributed by atoms with Crippen molar-refractivity contribution in [2.75, 3.05) is 18.5 Å². The molecular formula is C16H21N3O. The predicted molar refractivity (Wildman–Crippen MR) is 81.3 cm³/mol. The van der Waals surface area contributed by atoms with E-state index in [0.29, 0.717) is 25.0 Å². The van der Waals surface area contributed by atoms with Gasteiger partial charge >= 0.3 is 0 Å². The highest BCUT2D eigenvalue weighted by Crippen LogP contribution is 2.25. The van der Waals surface area contributed by atoms with E-state index in [2.05, 4.69) is 35.2 Å². The lowest BCUT2D eigenvalue weighted by molar-refractivity contribution is 0.328. The van der Waals surface area contributed by atoms with Crippen LogP contribution in [0.25, 0.3) is 0 Å². The lowest BCUT2D eigenvalue weighted by Gasteiger charge is -2.14. The van der Waals surface area contributed by atoms with Crippen LogP contribution in [0, 0.1) is 6.92 Å². The van der Waals surface area contributed by atoms with Crippen LogP contribution in [-0.2, 0) is 0 Å². The van der Waals surface area contributed by atoms with Crippen molar-refractivity contribution in [2.24, 2.45) is 0 Å². The second kappa shape index (κ2) is 6.89. The van der Waals surface area contributed by atoms with Crippen LogP contribution in [0.5, 0.6) is 5.75 Å². The number of ether oxygens (including phenoxy) is 1. The topological polar surface area (TPSA) is 47.0 Å². The summed E-state index contributed by atoms with van der Waals surface area (Å²) in [5.41, 5.74) is 2.19. The average molecular weight is 271 g/mol. The van der Waals surface area contributed by atoms with Crippen LogP contribution in [0.4, 0.5) is 5.95 Å². The minimum Gasteiger partial charge on any atom is -0.491 e. The molecule has 0 spiro atoms. The Kier molecular flexibility index (Phi) is 4.93. The van der Waals surface area contributed by atoms with Gasteiger partial charge in [0.2, 0.25) is 5.95 Å². The number of anilines is 1. The molecule has 1 heterocycles. The molecule has 0 aliphatic rings. The molecule has 1 N–H and O–H groups in total. The summed E-state index contributed by atoms with van der Waals surface area (Å²) in [6.45, 7) is 7.54. The highest BCUT2D eigenvalue weighted by Gasteiger charge is 2.06. The molecule has 0 bridgehead atoms. The molecule has 106 valence electrons. The summed E-state index contributed by atoms with van der Waals surface area (Å²) >= 11 is 0. The Morgan fingerprint density at radius 1 is 1.20 bits per heavy atom. The Labute approximate surface area is 120 Å². The van der Waals surface area contributed by atoms with Gasteiger partial charge in [0.25, 0.3) is 0 Å². The van der Waals surface area contributed by atoms with Crippen molar-refractivity contribution in [3.05, 3.63) is 47.8 Å². The van der Waals surface area contributed by atoms with Gasteiger partial charge in [-0.15, -0.1) is 0 Å². The van der Waals surface area contributed by atoms with Crippen LogP contribution in [0.3, 0.4) is 0 Å². The molecule has 2 aromatic rings. The number of para-hydroxylation sites is 1. The minimum atomic E-state index is 0.458. The summed E-state index contributed by atoms with van der Waals surface area (Å²) in [6.07, 6.45) is 1.75. The molecule has 4 heteroatoms. The largest absolute Gasteiger partial charge is 0.491 e. The maximum atomic E-state index is 5.83. The zero-order chi connectivity index (χ0) is 14.4. The van der Waals surface area contributed by atoms with E-state index >= 15 is 0 Å². The molecule has 0 saturated carbocycles. The first-order valence-electron chi connectivity index (χ1n) is 6.92. The lowest BCUT2D eigenvalue weighted by Crippen LogP contribution is -2.14. The third-order valence-corrected chi connectivity index (χ3v) is 2.98. The van der Waals surface area contributed by atoms with Crippen molar-refractivity contribution < 1.29 is 4.74 Å². The van der Waals surface area contributed by atoms with Crippen LogP contribution in [0.2, 0.25) is 0 Å². The lowest BCUT2D eigenvalue weighted by atomic mass is 10.0. The number of benzene rings is 1. The molecule has 20 heavy (non-hydrogen) atoms. The number of aryl methyl sites for hydroxylation is 1. The number of rotatable bonds is 6. The van der Waals surface area contributed by atoms with E-state index < -0.39 is 0 Å². The molecule has 4 nitrogen and oxygen atoms in total. The maximum absolute atomic E-state index is 5.83. The van der Waals surface area contributed by atoms with E-state index in [-0.39, 0.29) is 0 Å².